The van der Waals surface area contributed by atoms with Gasteiger partial charge in [0.25, 0.3) is 0 Å². The summed E-state index contributed by atoms with van der Waals surface area (Å²) in [6, 6.07) is -2.22. The molecule has 1 radical (unpaired) electrons. The van der Waals surface area contributed by atoms with Crippen LogP contribution in [-0.2, 0) is 4.79 Å². The van der Waals surface area contributed by atoms with Crippen LogP contribution in [0.5, 0.6) is 0 Å². The van der Waals surface area contributed by atoms with Crippen LogP contribution in [0, 0.1) is 20.2 Å². The molecule has 0 saturated carbocycles. The standard InChI is InChI=1S/C20H35N2O7/c1-2-3-4-5-6-7-12-17(21(26)27)19(24)14-8-9-15-20(25)18(22(28)29)13-10-11-16-23/h8-9,17-20,24-25H,2-7,10-15H2,1H3/b9-8-. The van der Waals surface area contributed by atoms with Crippen LogP contribution in [0.1, 0.15) is 84.0 Å². The average Bonchev–Trinajstić information content (AvgIpc) is 2.67. The molecule has 0 aliphatic heterocycles. The summed E-state index contributed by atoms with van der Waals surface area (Å²) in [6.07, 6.45) is 9.16. The lowest BCUT2D eigenvalue weighted by Crippen LogP contribution is -2.34. The number of hydrogen-bond donors (Lipinski definition) is 2. The Kier molecular flexibility index (Phi) is 15.9. The van der Waals surface area contributed by atoms with Crippen LogP contribution in [0.15, 0.2) is 12.2 Å². The van der Waals surface area contributed by atoms with Gasteiger partial charge in [-0.05, 0) is 25.7 Å². The molecule has 29 heavy (non-hydrogen) atoms. The van der Waals surface area contributed by atoms with Gasteiger partial charge in [-0.3, -0.25) is 25.0 Å². The third kappa shape index (κ3) is 13.1. The van der Waals surface area contributed by atoms with E-state index >= 15 is 0 Å². The second-order valence-corrected chi connectivity index (χ2v) is 7.38. The first kappa shape index (κ1) is 27.1. The van der Waals surface area contributed by atoms with Crippen LogP contribution in [0.3, 0.4) is 0 Å². The molecule has 0 aromatic heterocycles. The summed E-state index contributed by atoms with van der Waals surface area (Å²) in [5.41, 5.74) is 0. The summed E-state index contributed by atoms with van der Waals surface area (Å²) in [5.74, 6) is 0. The van der Waals surface area contributed by atoms with Gasteiger partial charge in [0.05, 0.1) is 0 Å². The maximum absolute atomic E-state index is 11.2. The van der Waals surface area contributed by atoms with Gasteiger partial charge in [-0.25, -0.2) is 0 Å². The number of aliphatic hydroxyl groups is 2. The molecule has 4 atom stereocenters. The van der Waals surface area contributed by atoms with Gasteiger partial charge in [0.15, 0.2) is 6.29 Å². The van der Waals surface area contributed by atoms with Gasteiger partial charge in [-0.15, -0.1) is 0 Å². The van der Waals surface area contributed by atoms with E-state index in [2.05, 4.69) is 6.92 Å². The maximum Gasteiger partial charge on any atom is 0.238 e. The summed E-state index contributed by atoms with van der Waals surface area (Å²) in [7, 11) is 0. The monoisotopic (exact) mass is 415 g/mol. The molecule has 9 heteroatoms. The highest BCUT2D eigenvalue weighted by Crippen LogP contribution is 2.16. The van der Waals surface area contributed by atoms with Crippen molar-refractivity contribution in [3.63, 3.8) is 0 Å². The van der Waals surface area contributed by atoms with Gasteiger partial charge in [0.1, 0.15) is 12.2 Å². The molecule has 0 rings (SSSR count). The van der Waals surface area contributed by atoms with Crippen molar-refractivity contribution >= 4 is 6.29 Å². The number of rotatable bonds is 19. The van der Waals surface area contributed by atoms with Crippen molar-refractivity contribution in [1.29, 1.82) is 0 Å². The van der Waals surface area contributed by atoms with E-state index in [0.29, 0.717) is 12.8 Å². The van der Waals surface area contributed by atoms with Crippen molar-refractivity contribution < 1.29 is 24.9 Å². The van der Waals surface area contributed by atoms with Crippen molar-refractivity contribution in [2.45, 2.75) is 108 Å². The van der Waals surface area contributed by atoms with Crippen LogP contribution >= 0.6 is 0 Å². The van der Waals surface area contributed by atoms with E-state index in [-0.39, 0.29) is 32.1 Å². The fourth-order valence-corrected chi connectivity index (χ4v) is 3.18. The molecule has 0 fully saturated rings. The van der Waals surface area contributed by atoms with Crippen LogP contribution in [0.2, 0.25) is 0 Å². The first-order valence-electron chi connectivity index (χ1n) is 10.5. The lowest BCUT2D eigenvalue weighted by Gasteiger charge is -2.15. The highest BCUT2D eigenvalue weighted by Gasteiger charge is 2.29. The minimum absolute atomic E-state index is 0.00370. The van der Waals surface area contributed by atoms with Crippen molar-refractivity contribution in [3.05, 3.63) is 32.4 Å². The molecule has 0 aliphatic carbocycles. The van der Waals surface area contributed by atoms with Crippen LogP contribution in [-0.4, -0.2) is 50.6 Å². The molecule has 0 spiro atoms. The third-order valence-corrected chi connectivity index (χ3v) is 4.98. The van der Waals surface area contributed by atoms with Gasteiger partial charge < -0.3 is 10.2 Å². The maximum atomic E-state index is 11.2. The number of nitrogens with zero attached hydrogens (tertiary/aromatic N) is 2. The molecule has 0 aromatic rings. The number of carbonyl (C=O) groups excluding carboxylic acids is 1. The summed E-state index contributed by atoms with van der Waals surface area (Å²) in [6.45, 7) is 2.12. The molecule has 9 nitrogen and oxygen atoms in total. The Morgan fingerprint density at radius 1 is 0.828 bits per heavy atom. The Balaban J connectivity index is 4.37. The zero-order valence-electron chi connectivity index (χ0n) is 17.3. The summed E-state index contributed by atoms with van der Waals surface area (Å²) in [5, 5.41) is 42.4. The highest BCUT2D eigenvalue weighted by molar-refractivity contribution is 5.50. The normalized spacial score (nSPS) is 15.7. The SMILES string of the molecule is CCCCCCCCC(C(O)C/C=C\CC(O)C(CCC[C]=O)[N+](=O)[O-])[N+](=O)[O-]. The van der Waals surface area contributed by atoms with E-state index in [0.717, 1.165) is 32.1 Å². The van der Waals surface area contributed by atoms with Gasteiger partial charge in [0.2, 0.25) is 12.1 Å². The number of aliphatic hydroxyl groups excluding tert-OH is 2. The smallest absolute Gasteiger partial charge is 0.238 e. The van der Waals surface area contributed by atoms with E-state index in [1.54, 1.807) is 6.29 Å². The van der Waals surface area contributed by atoms with Crippen LogP contribution in [0.25, 0.3) is 0 Å². The van der Waals surface area contributed by atoms with Crippen molar-refractivity contribution in [2.75, 3.05) is 0 Å². The Morgan fingerprint density at radius 3 is 1.72 bits per heavy atom. The fraction of sp³-hybridized carbons (Fsp3) is 0.850. The quantitative estimate of drug-likeness (QED) is 0.142. The van der Waals surface area contributed by atoms with Crippen LogP contribution < -0.4 is 0 Å². The molecule has 0 bridgehead atoms. The molecule has 167 valence electrons. The third-order valence-electron chi connectivity index (χ3n) is 4.98. The topological polar surface area (TPSA) is 144 Å². The Bertz CT molecular complexity index is 499. The summed E-state index contributed by atoms with van der Waals surface area (Å²) in [4.78, 5) is 31.4. The molecule has 0 aromatic carbocycles. The van der Waals surface area contributed by atoms with E-state index in [9.17, 15) is 35.2 Å². The minimum Gasteiger partial charge on any atom is -0.386 e. The molecule has 0 aliphatic rings. The second kappa shape index (κ2) is 17.0. The van der Waals surface area contributed by atoms with E-state index in [1.165, 1.54) is 12.2 Å². The van der Waals surface area contributed by atoms with Crippen LogP contribution in [0.4, 0.5) is 0 Å². The molecular weight excluding hydrogens is 380 g/mol. The number of nitro groups is 2. The zero-order chi connectivity index (χ0) is 22.1. The predicted octanol–water partition coefficient (Wildman–Crippen LogP) is 3.37. The second-order valence-electron chi connectivity index (χ2n) is 7.38. The molecule has 2 N–H and O–H groups in total. The van der Waals surface area contributed by atoms with E-state index in [4.69, 9.17) is 0 Å². The highest BCUT2D eigenvalue weighted by atomic mass is 16.6. The zero-order valence-corrected chi connectivity index (χ0v) is 17.3. The lowest BCUT2D eigenvalue weighted by atomic mass is 9.99. The van der Waals surface area contributed by atoms with Gasteiger partial charge in [0, 0.05) is 29.1 Å². The Hall–Kier alpha value is -1.87. The number of unbranched alkanes of at least 4 members (excludes halogenated alkanes) is 6. The van der Waals surface area contributed by atoms with Crippen molar-refractivity contribution in [1.82, 2.24) is 0 Å². The molecular formula is C20H35N2O7. The predicted molar refractivity (Wildman–Crippen MR) is 109 cm³/mol. The molecule has 4 unspecified atom stereocenters. The summed E-state index contributed by atoms with van der Waals surface area (Å²) < 4.78 is 0. The Morgan fingerprint density at radius 2 is 1.28 bits per heavy atom. The number of hydrogen-bond acceptors (Lipinski definition) is 7. The largest absolute Gasteiger partial charge is 0.386 e. The average molecular weight is 416 g/mol. The van der Waals surface area contributed by atoms with Gasteiger partial charge >= 0.3 is 0 Å². The minimum atomic E-state index is -1.22. The van der Waals surface area contributed by atoms with Crippen molar-refractivity contribution in [3.8, 4) is 0 Å². The van der Waals surface area contributed by atoms with Gasteiger partial charge in [-0.1, -0.05) is 51.2 Å². The first-order chi connectivity index (χ1) is 13.8. The Labute approximate surface area is 172 Å². The van der Waals surface area contributed by atoms with Crippen molar-refractivity contribution in [2.24, 2.45) is 0 Å². The molecule has 0 saturated heterocycles. The first-order valence-corrected chi connectivity index (χ1v) is 10.5. The van der Waals surface area contributed by atoms with E-state index in [1.807, 2.05) is 0 Å². The molecule has 0 heterocycles. The fourth-order valence-electron chi connectivity index (χ4n) is 3.18. The van der Waals surface area contributed by atoms with E-state index < -0.39 is 34.1 Å². The lowest BCUT2D eigenvalue weighted by molar-refractivity contribution is -0.535. The molecule has 0 amide bonds. The van der Waals surface area contributed by atoms with Gasteiger partial charge in [-0.2, -0.15) is 0 Å². The summed E-state index contributed by atoms with van der Waals surface area (Å²) >= 11 is 0.